The van der Waals surface area contributed by atoms with E-state index >= 15 is 0 Å². The van der Waals surface area contributed by atoms with Crippen molar-refractivity contribution in [3.05, 3.63) is 35.9 Å². The monoisotopic (exact) mass is 295 g/mol. The first-order chi connectivity index (χ1) is 10.00. The Morgan fingerprint density at radius 3 is 2.76 bits per heavy atom. The lowest BCUT2D eigenvalue weighted by molar-refractivity contribution is -0.142. The minimum Gasteiger partial charge on any atom is -0.445 e. The highest BCUT2D eigenvalue weighted by atomic mass is 16.7. The van der Waals surface area contributed by atoms with Gasteiger partial charge in [-0.3, -0.25) is 0 Å². The summed E-state index contributed by atoms with van der Waals surface area (Å²) in [6.45, 7) is 3.82. The van der Waals surface area contributed by atoms with Crippen molar-refractivity contribution in [3.63, 3.8) is 0 Å². The van der Waals surface area contributed by atoms with Crippen LogP contribution in [0.4, 0.5) is 4.79 Å². The molecule has 6 nitrogen and oxygen atoms in total. The molecule has 1 amide bonds. The third-order valence-corrected chi connectivity index (χ3v) is 3.19. The molecule has 1 aliphatic rings. The van der Waals surface area contributed by atoms with Gasteiger partial charge >= 0.3 is 6.09 Å². The highest BCUT2D eigenvalue weighted by Crippen LogP contribution is 2.24. The number of hydrogen-bond donors (Lipinski definition) is 2. The summed E-state index contributed by atoms with van der Waals surface area (Å²) in [6, 6.07) is 8.82. The van der Waals surface area contributed by atoms with Gasteiger partial charge in [0.1, 0.15) is 12.7 Å². The zero-order valence-electron chi connectivity index (χ0n) is 12.2. The van der Waals surface area contributed by atoms with Gasteiger partial charge in [0.05, 0.1) is 19.3 Å². The van der Waals surface area contributed by atoms with Crippen molar-refractivity contribution in [3.8, 4) is 0 Å². The molecular formula is C15H21NO5. The van der Waals surface area contributed by atoms with Crippen molar-refractivity contribution < 1.29 is 24.1 Å². The van der Waals surface area contributed by atoms with Gasteiger partial charge in [-0.15, -0.1) is 0 Å². The summed E-state index contributed by atoms with van der Waals surface area (Å²) in [7, 11) is 0. The number of rotatable bonds is 5. The average molecular weight is 295 g/mol. The van der Waals surface area contributed by atoms with Crippen molar-refractivity contribution in [2.75, 3.05) is 13.2 Å². The summed E-state index contributed by atoms with van der Waals surface area (Å²) in [5.41, 5.74) is 0.898. The minimum atomic E-state index is -0.701. The van der Waals surface area contributed by atoms with E-state index in [4.69, 9.17) is 14.2 Å². The van der Waals surface area contributed by atoms with E-state index in [0.717, 1.165) is 5.56 Å². The first kappa shape index (κ1) is 15.8. The molecule has 6 heteroatoms. The van der Waals surface area contributed by atoms with E-state index in [9.17, 15) is 9.90 Å². The molecule has 116 valence electrons. The summed E-state index contributed by atoms with van der Waals surface area (Å²) in [5, 5.41) is 12.0. The molecule has 0 aromatic heterocycles. The topological polar surface area (TPSA) is 77.0 Å². The summed E-state index contributed by atoms with van der Waals surface area (Å²) < 4.78 is 16.1. The zero-order chi connectivity index (χ0) is 15.3. The fourth-order valence-corrected chi connectivity index (χ4v) is 2.09. The maximum atomic E-state index is 11.8. The Hall–Kier alpha value is -1.63. The number of aliphatic hydroxyl groups is 1. The first-order valence-corrected chi connectivity index (χ1v) is 6.90. The zero-order valence-corrected chi connectivity index (χ0v) is 12.2. The van der Waals surface area contributed by atoms with Crippen LogP contribution in [-0.2, 0) is 20.8 Å². The molecule has 1 aliphatic heterocycles. The number of aliphatic hydroxyl groups excluding tert-OH is 1. The maximum Gasteiger partial charge on any atom is 0.407 e. The normalized spacial score (nSPS) is 21.8. The number of benzene rings is 1. The molecule has 2 N–H and O–H groups in total. The summed E-state index contributed by atoms with van der Waals surface area (Å²) in [5.74, 6) is -0.701. The molecule has 1 saturated heterocycles. The smallest absolute Gasteiger partial charge is 0.407 e. The second-order valence-corrected chi connectivity index (χ2v) is 5.36. The van der Waals surface area contributed by atoms with Gasteiger partial charge in [0.2, 0.25) is 0 Å². The largest absolute Gasteiger partial charge is 0.445 e. The van der Waals surface area contributed by atoms with Crippen LogP contribution < -0.4 is 5.32 Å². The Balaban J connectivity index is 1.80. The van der Waals surface area contributed by atoms with Crippen LogP contribution in [0.3, 0.4) is 0 Å². The Labute approximate surface area is 124 Å². The molecule has 0 unspecified atom stereocenters. The number of alkyl carbamates (subject to hydrolysis) is 1. The van der Waals surface area contributed by atoms with Crippen molar-refractivity contribution in [1.29, 1.82) is 0 Å². The summed E-state index contributed by atoms with van der Waals surface area (Å²) in [6.07, 6.45) is -0.986. The molecule has 0 spiro atoms. The van der Waals surface area contributed by atoms with Crippen LogP contribution >= 0.6 is 0 Å². The third kappa shape index (κ3) is 4.70. The molecule has 21 heavy (non-hydrogen) atoms. The van der Waals surface area contributed by atoms with Gasteiger partial charge in [-0.1, -0.05) is 30.3 Å². The van der Waals surface area contributed by atoms with E-state index in [0.29, 0.717) is 6.61 Å². The lowest BCUT2D eigenvalue weighted by atomic mass is 10.2. The van der Waals surface area contributed by atoms with Crippen LogP contribution in [0, 0.1) is 0 Å². The van der Waals surface area contributed by atoms with Crippen LogP contribution in [0.15, 0.2) is 30.3 Å². The van der Waals surface area contributed by atoms with Gasteiger partial charge < -0.3 is 24.6 Å². The van der Waals surface area contributed by atoms with Crippen molar-refractivity contribution >= 4 is 6.09 Å². The van der Waals surface area contributed by atoms with Crippen LogP contribution in [0.1, 0.15) is 19.4 Å². The summed E-state index contributed by atoms with van der Waals surface area (Å²) in [4.78, 5) is 11.8. The third-order valence-electron chi connectivity index (χ3n) is 3.19. The standard InChI is InChI=1S/C15H21NO5/c1-15(2)20-10-13(21-15)12(8-17)16-14(18)19-9-11-6-4-3-5-7-11/h3-7,12-13,17H,8-10H2,1-2H3,(H,16,18)/t12-,13-/m1/s1. The van der Waals surface area contributed by atoms with Crippen molar-refractivity contribution in [1.82, 2.24) is 5.32 Å². The molecule has 1 aromatic carbocycles. The number of amides is 1. The van der Waals surface area contributed by atoms with Crippen molar-refractivity contribution in [2.45, 2.75) is 38.4 Å². The lowest BCUT2D eigenvalue weighted by Crippen LogP contribution is -2.47. The van der Waals surface area contributed by atoms with Crippen LogP contribution in [-0.4, -0.2) is 42.3 Å². The molecule has 2 atom stereocenters. The first-order valence-electron chi connectivity index (χ1n) is 6.90. The molecule has 0 aliphatic carbocycles. The molecule has 2 rings (SSSR count). The molecule has 0 saturated carbocycles. The van der Waals surface area contributed by atoms with Crippen molar-refractivity contribution in [2.24, 2.45) is 0 Å². The average Bonchev–Trinajstić information content (AvgIpc) is 2.83. The van der Waals surface area contributed by atoms with E-state index in [2.05, 4.69) is 5.32 Å². The van der Waals surface area contributed by atoms with E-state index in [1.807, 2.05) is 30.3 Å². The fourth-order valence-electron chi connectivity index (χ4n) is 2.09. The van der Waals surface area contributed by atoms with E-state index < -0.39 is 24.0 Å². The predicted molar refractivity (Wildman–Crippen MR) is 75.5 cm³/mol. The number of carbonyl (C=O) groups excluding carboxylic acids is 1. The number of nitrogens with one attached hydrogen (secondary N) is 1. The van der Waals surface area contributed by atoms with Gasteiger partial charge in [0, 0.05) is 0 Å². The Morgan fingerprint density at radius 1 is 1.48 bits per heavy atom. The van der Waals surface area contributed by atoms with E-state index in [1.54, 1.807) is 13.8 Å². The number of carbonyl (C=O) groups is 1. The maximum absolute atomic E-state index is 11.8. The van der Waals surface area contributed by atoms with Gasteiger partial charge in [-0.2, -0.15) is 0 Å². The molecule has 1 aromatic rings. The van der Waals surface area contributed by atoms with Gasteiger partial charge in [-0.25, -0.2) is 4.79 Å². The second-order valence-electron chi connectivity index (χ2n) is 5.36. The SMILES string of the molecule is CC1(C)OC[C@H]([C@@H](CO)NC(=O)OCc2ccccc2)O1. The second kappa shape index (κ2) is 6.89. The number of ether oxygens (including phenoxy) is 3. The van der Waals surface area contributed by atoms with Crippen LogP contribution in [0.5, 0.6) is 0 Å². The number of hydrogen-bond acceptors (Lipinski definition) is 5. The molecular weight excluding hydrogens is 274 g/mol. The fraction of sp³-hybridized carbons (Fsp3) is 0.533. The van der Waals surface area contributed by atoms with E-state index in [-0.39, 0.29) is 13.2 Å². The molecule has 0 bridgehead atoms. The van der Waals surface area contributed by atoms with Gasteiger partial charge in [0.25, 0.3) is 0 Å². The molecule has 1 heterocycles. The molecule has 0 radical (unpaired) electrons. The highest BCUT2D eigenvalue weighted by Gasteiger charge is 2.37. The van der Waals surface area contributed by atoms with Crippen LogP contribution in [0.2, 0.25) is 0 Å². The minimum absolute atomic E-state index is 0.179. The van der Waals surface area contributed by atoms with Gasteiger partial charge in [-0.05, 0) is 19.4 Å². The summed E-state index contributed by atoms with van der Waals surface area (Å²) >= 11 is 0. The quantitative estimate of drug-likeness (QED) is 0.859. The Bertz CT molecular complexity index is 462. The highest BCUT2D eigenvalue weighted by molar-refractivity contribution is 5.67. The lowest BCUT2D eigenvalue weighted by Gasteiger charge is -2.23. The predicted octanol–water partition coefficient (Wildman–Crippen LogP) is 1.43. The molecule has 1 fully saturated rings. The Kier molecular flexibility index (Phi) is 5.17. The van der Waals surface area contributed by atoms with E-state index in [1.165, 1.54) is 0 Å². The van der Waals surface area contributed by atoms with Gasteiger partial charge in [0.15, 0.2) is 5.79 Å². The Morgan fingerprint density at radius 2 is 2.19 bits per heavy atom. The van der Waals surface area contributed by atoms with Crippen LogP contribution in [0.25, 0.3) is 0 Å².